The van der Waals surface area contributed by atoms with E-state index in [4.69, 9.17) is 9.47 Å². The van der Waals surface area contributed by atoms with Crippen molar-refractivity contribution in [2.75, 3.05) is 0 Å². The molecule has 1 aliphatic rings. The molecule has 18 heavy (non-hydrogen) atoms. The molecule has 0 unspecified atom stereocenters. The molecule has 0 atom stereocenters. The summed E-state index contributed by atoms with van der Waals surface area (Å²) in [6.07, 6.45) is 0.467. The van der Waals surface area contributed by atoms with Crippen molar-refractivity contribution in [2.24, 2.45) is 10.8 Å². The minimum atomic E-state index is -0.105. The molecule has 1 saturated carbocycles. The Morgan fingerprint density at radius 2 is 0.833 bits per heavy atom. The molecular weight excluding hydrogens is 224 g/mol. The first kappa shape index (κ1) is 16.0. The summed E-state index contributed by atoms with van der Waals surface area (Å²) in [5.74, 6) is 0. The van der Waals surface area contributed by atoms with Crippen LogP contribution >= 0.6 is 0 Å². The normalized spacial score (nSPS) is 31.0. The molecule has 0 aliphatic heterocycles. The maximum Gasteiger partial charge on any atom is 0.0733 e. The predicted octanol–water partition coefficient (Wildman–Crippen LogP) is 4.42. The number of ether oxygens (including phenoxy) is 2. The molecule has 2 heteroatoms. The van der Waals surface area contributed by atoms with Crippen LogP contribution in [0.15, 0.2) is 0 Å². The number of rotatable bonds is 2. The number of hydrogen-bond acceptors (Lipinski definition) is 2. The smallest absolute Gasteiger partial charge is 0.0733 e. The quantitative estimate of drug-likeness (QED) is 0.728. The zero-order chi connectivity index (χ0) is 14.6. The molecule has 0 amide bonds. The molecule has 1 fully saturated rings. The summed E-state index contributed by atoms with van der Waals surface area (Å²) in [7, 11) is 0. The van der Waals surface area contributed by atoms with E-state index >= 15 is 0 Å². The minimum absolute atomic E-state index is 0.0596. The Kier molecular flexibility index (Phi) is 3.74. The van der Waals surface area contributed by atoms with Crippen molar-refractivity contribution in [3.63, 3.8) is 0 Å². The zero-order valence-electron chi connectivity index (χ0n) is 14.0. The van der Waals surface area contributed by atoms with E-state index in [2.05, 4.69) is 69.2 Å². The molecule has 1 rings (SSSR count). The summed E-state index contributed by atoms with van der Waals surface area (Å²) in [4.78, 5) is 0. The van der Waals surface area contributed by atoms with Gasteiger partial charge in [-0.25, -0.2) is 0 Å². The Morgan fingerprint density at radius 1 is 0.611 bits per heavy atom. The fraction of sp³-hybridized carbons (Fsp3) is 1.00. The van der Waals surface area contributed by atoms with Gasteiger partial charge < -0.3 is 9.47 Å². The van der Waals surface area contributed by atoms with Crippen molar-refractivity contribution in [2.45, 2.75) is 92.6 Å². The van der Waals surface area contributed by atoms with Crippen LogP contribution in [0.1, 0.15) is 69.2 Å². The van der Waals surface area contributed by atoms with Crippen molar-refractivity contribution >= 4 is 0 Å². The van der Waals surface area contributed by atoms with E-state index in [-0.39, 0.29) is 34.2 Å². The average molecular weight is 256 g/mol. The van der Waals surface area contributed by atoms with E-state index in [1.165, 1.54) is 0 Å². The van der Waals surface area contributed by atoms with Gasteiger partial charge in [-0.15, -0.1) is 0 Å². The predicted molar refractivity (Wildman–Crippen MR) is 76.8 cm³/mol. The van der Waals surface area contributed by atoms with Crippen LogP contribution in [0.4, 0.5) is 0 Å². The summed E-state index contributed by atoms with van der Waals surface area (Å²) in [6.45, 7) is 21.8. The third kappa shape index (κ3) is 3.08. The monoisotopic (exact) mass is 256 g/mol. The maximum absolute atomic E-state index is 6.27. The largest absolute Gasteiger partial charge is 0.371 e. The van der Waals surface area contributed by atoms with Gasteiger partial charge in [0.25, 0.3) is 0 Å². The first-order valence-electron chi connectivity index (χ1n) is 7.03. The van der Waals surface area contributed by atoms with Gasteiger partial charge in [0.05, 0.1) is 23.4 Å². The summed E-state index contributed by atoms with van der Waals surface area (Å²) in [5, 5.41) is 0. The lowest BCUT2D eigenvalue weighted by molar-refractivity contribution is -0.322. The van der Waals surface area contributed by atoms with Gasteiger partial charge in [-0.05, 0) is 41.5 Å². The summed E-state index contributed by atoms with van der Waals surface area (Å²) in [6, 6.07) is 0. The molecular formula is C16H32O2. The van der Waals surface area contributed by atoms with Crippen LogP contribution in [0.5, 0.6) is 0 Å². The minimum Gasteiger partial charge on any atom is -0.371 e. The molecule has 0 saturated heterocycles. The van der Waals surface area contributed by atoms with E-state index in [9.17, 15) is 0 Å². The third-order valence-electron chi connectivity index (χ3n) is 3.65. The molecule has 0 aromatic carbocycles. The molecule has 1 aliphatic carbocycles. The van der Waals surface area contributed by atoms with Crippen molar-refractivity contribution in [1.82, 2.24) is 0 Å². The molecule has 0 aromatic rings. The molecule has 0 bridgehead atoms. The van der Waals surface area contributed by atoms with Crippen LogP contribution in [-0.4, -0.2) is 23.4 Å². The molecule has 0 heterocycles. The van der Waals surface area contributed by atoms with Crippen molar-refractivity contribution in [3.8, 4) is 0 Å². The average Bonchev–Trinajstić information content (AvgIpc) is 2.07. The fourth-order valence-corrected chi connectivity index (χ4v) is 3.41. The van der Waals surface area contributed by atoms with Crippen molar-refractivity contribution in [1.29, 1.82) is 0 Å². The summed E-state index contributed by atoms with van der Waals surface area (Å²) < 4.78 is 12.5. The Balaban J connectivity index is 2.88. The lowest BCUT2D eigenvalue weighted by atomic mass is 9.50. The van der Waals surface area contributed by atoms with Gasteiger partial charge in [-0.1, -0.05) is 27.7 Å². The van der Waals surface area contributed by atoms with Gasteiger partial charge >= 0.3 is 0 Å². The van der Waals surface area contributed by atoms with Gasteiger partial charge in [0, 0.05) is 10.8 Å². The highest BCUT2D eigenvalue weighted by atomic mass is 16.5. The zero-order valence-corrected chi connectivity index (χ0v) is 14.0. The maximum atomic E-state index is 6.27. The fourth-order valence-electron chi connectivity index (χ4n) is 3.41. The van der Waals surface area contributed by atoms with E-state index in [0.717, 1.165) is 0 Å². The third-order valence-corrected chi connectivity index (χ3v) is 3.65. The first-order valence-corrected chi connectivity index (χ1v) is 7.03. The second-order valence-corrected chi connectivity index (χ2v) is 8.86. The highest BCUT2D eigenvalue weighted by molar-refractivity contribution is 5.13. The second-order valence-electron chi connectivity index (χ2n) is 8.86. The van der Waals surface area contributed by atoms with Gasteiger partial charge in [0.2, 0.25) is 0 Å². The Hall–Kier alpha value is -0.0800. The standard InChI is InChI=1S/C16H32O2/c1-13(2,3)17-11-15(7,8)12(16(11,9)10)18-14(4,5)6/h11-12H,1-10H3. The lowest BCUT2D eigenvalue weighted by Gasteiger charge is -2.65. The summed E-state index contributed by atoms with van der Waals surface area (Å²) in [5.41, 5.74) is -0.0913. The Labute approximate surface area is 113 Å². The SMILES string of the molecule is CC(C)(C)OC1C(C)(C)C(OC(C)(C)C)C1(C)C. The Bertz CT molecular complexity index is 258. The van der Waals surface area contributed by atoms with E-state index < -0.39 is 0 Å². The second kappa shape index (κ2) is 4.21. The van der Waals surface area contributed by atoms with Crippen LogP contribution < -0.4 is 0 Å². The highest BCUT2D eigenvalue weighted by Crippen LogP contribution is 2.58. The highest BCUT2D eigenvalue weighted by Gasteiger charge is 2.64. The van der Waals surface area contributed by atoms with Crippen molar-refractivity contribution < 1.29 is 9.47 Å². The van der Waals surface area contributed by atoms with Gasteiger partial charge in [0.15, 0.2) is 0 Å². The topological polar surface area (TPSA) is 18.5 Å². The molecule has 0 radical (unpaired) electrons. The van der Waals surface area contributed by atoms with Gasteiger partial charge in [0.1, 0.15) is 0 Å². The summed E-state index contributed by atoms with van der Waals surface area (Å²) >= 11 is 0. The molecule has 2 nitrogen and oxygen atoms in total. The Morgan fingerprint density at radius 3 is 1.00 bits per heavy atom. The van der Waals surface area contributed by atoms with Crippen LogP contribution in [0.3, 0.4) is 0 Å². The van der Waals surface area contributed by atoms with Crippen LogP contribution in [-0.2, 0) is 9.47 Å². The van der Waals surface area contributed by atoms with Crippen LogP contribution in [0, 0.1) is 10.8 Å². The lowest BCUT2D eigenvalue weighted by Crippen LogP contribution is -2.71. The number of hydrogen-bond donors (Lipinski definition) is 0. The molecule has 108 valence electrons. The first-order chi connectivity index (χ1) is 7.68. The van der Waals surface area contributed by atoms with Gasteiger partial charge in [-0.2, -0.15) is 0 Å². The molecule has 0 N–H and O–H groups in total. The van der Waals surface area contributed by atoms with Crippen molar-refractivity contribution in [3.05, 3.63) is 0 Å². The van der Waals surface area contributed by atoms with E-state index in [0.29, 0.717) is 0 Å². The van der Waals surface area contributed by atoms with Crippen LogP contribution in [0.2, 0.25) is 0 Å². The van der Waals surface area contributed by atoms with Crippen LogP contribution in [0.25, 0.3) is 0 Å². The van der Waals surface area contributed by atoms with E-state index in [1.54, 1.807) is 0 Å². The molecule has 0 aromatic heterocycles. The van der Waals surface area contributed by atoms with Gasteiger partial charge in [-0.3, -0.25) is 0 Å². The van der Waals surface area contributed by atoms with E-state index in [1.807, 2.05) is 0 Å². The molecule has 0 spiro atoms.